The summed E-state index contributed by atoms with van der Waals surface area (Å²) in [6, 6.07) is 7.37. The molecule has 1 aromatic rings. The quantitative estimate of drug-likeness (QED) is 0.822. The first kappa shape index (κ1) is 19.7. The molecule has 1 aliphatic rings. The maximum Gasteiger partial charge on any atom is 0.281 e. The largest absolute Gasteiger partial charge is 0.497 e. The SMILES string of the molecule is COc1ccc([C@H](C)NC(=O)[C@@H]2CCCN(S(=O)(=O)N(C)C)C2)cc1. The Labute approximate surface area is 150 Å². The van der Waals surface area contributed by atoms with E-state index in [2.05, 4.69) is 5.32 Å². The molecule has 0 bridgehead atoms. The number of methoxy groups -OCH3 is 1. The highest BCUT2D eigenvalue weighted by Gasteiger charge is 2.33. The van der Waals surface area contributed by atoms with Crippen LogP contribution in [0.2, 0.25) is 0 Å². The minimum Gasteiger partial charge on any atom is -0.497 e. The summed E-state index contributed by atoms with van der Waals surface area (Å²) in [4.78, 5) is 12.6. The van der Waals surface area contributed by atoms with Gasteiger partial charge in [0.15, 0.2) is 0 Å². The number of benzene rings is 1. The van der Waals surface area contributed by atoms with E-state index in [1.165, 1.54) is 22.7 Å². The lowest BCUT2D eigenvalue weighted by molar-refractivity contribution is -0.126. The Morgan fingerprint density at radius 2 is 1.96 bits per heavy atom. The number of rotatable bonds is 6. The number of carbonyl (C=O) groups is 1. The molecule has 0 aromatic heterocycles. The first-order valence-corrected chi connectivity index (χ1v) is 9.77. The van der Waals surface area contributed by atoms with Gasteiger partial charge in [-0.1, -0.05) is 12.1 Å². The molecule has 0 saturated carbocycles. The number of piperidine rings is 1. The van der Waals surface area contributed by atoms with Crippen LogP contribution in [0.25, 0.3) is 0 Å². The second kappa shape index (κ2) is 8.16. The Kier molecular flexibility index (Phi) is 6.42. The highest BCUT2D eigenvalue weighted by atomic mass is 32.2. The normalized spacial score (nSPS) is 20.3. The fourth-order valence-electron chi connectivity index (χ4n) is 2.90. The van der Waals surface area contributed by atoms with E-state index in [0.29, 0.717) is 19.4 Å². The van der Waals surface area contributed by atoms with Crippen LogP contribution in [0.1, 0.15) is 31.4 Å². The smallest absolute Gasteiger partial charge is 0.281 e. The van der Waals surface area contributed by atoms with Gasteiger partial charge in [-0.15, -0.1) is 0 Å². The number of amides is 1. The van der Waals surface area contributed by atoms with Gasteiger partial charge in [0.1, 0.15) is 5.75 Å². The average molecular weight is 369 g/mol. The van der Waals surface area contributed by atoms with E-state index in [-0.39, 0.29) is 24.4 Å². The molecule has 0 radical (unpaired) electrons. The van der Waals surface area contributed by atoms with Crippen LogP contribution in [-0.4, -0.2) is 57.2 Å². The van der Waals surface area contributed by atoms with Crippen LogP contribution < -0.4 is 10.1 Å². The molecule has 1 amide bonds. The molecule has 140 valence electrons. The molecule has 8 heteroatoms. The third-order valence-corrected chi connectivity index (χ3v) is 6.42. The number of carbonyl (C=O) groups excluding carboxylic acids is 1. The molecule has 25 heavy (non-hydrogen) atoms. The van der Waals surface area contributed by atoms with Crippen molar-refractivity contribution >= 4 is 16.1 Å². The van der Waals surface area contributed by atoms with Crippen molar-refractivity contribution in [2.45, 2.75) is 25.8 Å². The van der Waals surface area contributed by atoms with Crippen LogP contribution >= 0.6 is 0 Å². The highest BCUT2D eigenvalue weighted by molar-refractivity contribution is 7.86. The molecule has 1 aliphatic heterocycles. The molecule has 0 aliphatic carbocycles. The van der Waals surface area contributed by atoms with E-state index in [1.807, 2.05) is 31.2 Å². The summed E-state index contributed by atoms with van der Waals surface area (Å²) < 4.78 is 32.2. The van der Waals surface area contributed by atoms with Gasteiger partial charge < -0.3 is 10.1 Å². The zero-order chi connectivity index (χ0) is 18.6. The number of hydrogen-bond acceptors (Lipinski definition) is 4. The highest BCUT2D eigenvalue weighted by Crippen LogP contribution is 2.22. The molecule has 1 fully saturated rings. The van der Waals surface area contributed by atoms with Crippen LogP contribution in [0.15, 0.2) is 24.3 Å². The van der Waals surface area contributed by atoms with Crippen molar-refractivity contribution < 1.29 is 17.9 Å². The summed E-state index contributed by atoms with van der Waals surface area (Å²) >= 11 is 0. The Morgan fingerprint density at radius 1 is 1.32 bits per heavy atom. The van der Waals surface area contributed by atoms with Crippen molar-refractivity contribution in [2.24, 2.45) is 5.92 Å². The second-order valence-electron chi connectivity index (χ2n) is 6.49. The third-order valence-electron chi connectivity index (χ3n) is 4.52. The van der Waals surface area contributed by atoms with Crippen LogP contribution in [0, 0.1) is 5.92 Å². The molecule has 0 spiro atoms. The fourth-order valence-corrected chi connectivity index (χ4v) is 4.09. The van der Waals surface area contributed by atoms with Crippen LogP contribution in [0.5, 0.6) is 5.75 Å². The molecule has 1 heterocycles. The van der Waals surface area contributed by atoms with E-state index in [9.17, 15) is 13.2 Å². The first-order chi connectivity index (χ1) is 11.8. The predicted molar refractivity (Wildman–Crippen MR) is 96.5 cm³/mol. The van der Waals surface area contributed by atoms with Crippen LogP contribution in [0.4, 0.5) is 0 Å². The summed E-state index contributed by atoms with van der Waals surface area (Å²) in [5, 5.41) is 2.99. The van der Waals surface area contributed by atoms with Crippen LogP contribution in [0.3, 0.4) is 0 Å². The summed E-state index contributed by atoms with van der Waals surface area (Å²) in [6.45, 7) is 2.59. The zero-order valence-electron chi connectivity index (χ0n) is 15.2. The van der Waals surface area contributed by atoms with E-state index in [4.69, 9.17) is 4.74 Å². The molecule has 1 N–H and O–H groups in total. The van der Waals surface area contributed by atoms with Gasteiger partial charge in [0.2, 0.25) is 5.91 Å². The van der Waals surface area contributed by atoms with Crippen molar-refractivity contribution in [3.8, 4) is 5.75 Å². The monoisotopic (exact) mass is 369 g/mol. The summed E-state index contributed by atoms with van der Waals surface area (Å²) in [6.07, 6.45) is 1.38. The van der Waals surface area contributed by atoms with Crippen molar-refractivity contribution in [3.63, 3.8) is 0 Å². The average Bonchev–Trinajstić information content (AvgIpc) is 2.61. The molecule has 1 saturated heterocycles. The van der Waals surface area contributed by atoms with Gasteiger partial charge in [0.05, 0.1) is 19.1 Å². The molecule has 2 rings (SSSR count). The maximum atomic E-state index is 12.6. The Hall–Kier alpha value is -1.64. The van der Waals surface area contributed by atoms with Crippen molar-refractivity contribution in [3.05, 3.63) is 29.8 Å². The van der Waals surface area contributed by atoms with E-state index in [0.717, 1.165) is 11.3 Å². The maximum absolute atomic E-state index is 12.6. The number of ether oxygens (including phenoxy) is 1. The van der Waals surface area contributed by atoms with Gasteiger partial charge in [0.25, 0.3) is 10.2 Å². The molecular formula is C17H27N3O4S. The second-order valence-corrected chi connectivity index (χ2v) is 8.63. The number of hydrogen-bond donors (Lipinski definition) is 1. The van der Waals surface area contributed by atoms with Crippen molar-refractivity contribution in [2.75, 3.05) is 34.3 Å². The van der Waals surface area contributed by atoms with Gasteiger partial charge in [-0.3, -0.25) is 4.79 Å². The molecule has 2 atom stereocenters. The standard InChI is InChI=1S/C17H27N3O4S/c1-13(14-7-9-16(24-4)10-8-14)18-17(21)15-6-5-11-20(12-15)25(22,23)19(2)3/h7-10,13,15H,5-6,11-12H2,1-4H3,(H,18,21)/t13-,15+/m0/s1. The number of nitrogens with zero attached hydrogens (tertiary/aromatic N) is 2. The first-order valence-electron chi connectivity index (χ1n) is 8.37. The van der Waals surface area contributed by atoms with Gasteiger partial charge in [-0.05, 0) is 37.5 Å². The van der Waals surface area contributed by atoms with Gasteiger partial charge in [-0.2, -0.15) is 17.0 Å². The lowest BCUT2D eigenvalue weighted by atomic mass is 9.98. The minimum atomic E-state index is -3.48. The van der Waals surface area contributed by atoms with E-state index in [1.54, 1.807) is 7.11 Å². The topological polar surface area (TPSA) is 79.0 Å². The Bertz CT molecular complexity index is 688. The van der Waals surface area contributed by atoms with Crippen LogP contribution in [-0.2, 0) is 15.0 Å². The molecular weight excluding hydrogens is 342 g/mol. The summed E-state index contributed by atoms with van der Waals surface area (Å²) in [5.41, 5.74) is 0.975. The van der Waals surface area contributed by atoms with E-state index < -0.39 is 10.2 Å². The third kappa shape index (κ3) is 4.71. The molecule has 0 unspecified atom stereocenters. The predicted octanol–water partition coefficient (Wildman–Crippen LogP) is 1.39. The lowest BCUT2D eigenvalue weighted by Gasteiger charge is -2.33. The fraction of sp³-hybridized carbons (Fsp3) is 0.588. The molecule has 1 aromatic carbocycles. The summed E-state index contributed by atoms with van der Waals surface area (Å²) in [7, 11) is 1.14. The Morgan fingerprint density at radius 3 is 2.52 bits per heavy atom. The van der Waals surface area contributed by atoms with Gasteiger partial charge in [-0.25, -0.2) is 0 Å². The number of nitrogens with one attached hydrogen (secondary N) is 1. The molecule has 7 nitrogen and oxygen atoms in total. The summed E-state index contributed by atoms with van der Waals surface area (Å²) in [5.74, 6) is 0.324. The van der Waals surface area contributed by atoms with Gasteiger partial charge >= 0.3 is 0 Å². The van der Waals surface area contributed by atoms with E-state index >= 15 is 0 Å². The minimum absolute atomic E-state index is 0.109. The van der Waals surface area contributed by atoms with Crippen molar-refractivity contribution in [1.29, 1.82) is 0 Å². The van der Waals surface area contributed by atoms with Crippen molar-refractivity contribution in [1.82, 2.24) is 13.9 Å². The zero-order valence-corrected chi connectivity index (χ0v) is 16.0. The van der Waals surface area contributed by atoms with Gasteiger partial charge in [0, 0.05) is 27.2 Å². The Balaban J connectivity index is 1.99. The lowest BCUT2D eigenvalue weighted by Crippen LogP contribution is -2.49.